The summed E-state index contributed by atoms with van der Waals surface area (Å²) in [6.07, 6.45) is 1.65. The monoisotopic (exact) mass is 393 g/mol. The molecule has 1 aliphatic rings. The van der Waals surface area contributed by atoms with E-state index in [-0.39, 0.29) is 10.8 Å². The second-order valence-corrected chi connectivity index (χ2v) is 8.10. The van der Waals surface area contributed by atoms with Crippen molar-refractivity contribution >= 4 is 56.2 Å². The molecule has 1 fully saturated rings. The normalized spacial score (nSPS) is 17.9. The molecule has 9 heteroatoms. The number of rotatable bonds is 3. The fourth-order valence-electron chi connectivity index (χ4n) is 2.02. The van der Waals surface area contributed by atoms with Crippen LogP contribution in [0.5, 0.6) is 0 Å². The summed E-state index contributed by atoms with van der Waals surface area (Å²) >= 11 is 7.02. The third-order valence-corrected chi connectivity index (χ3v) is 5.31. The smallest absolute Gasteiger partial charge is 0.264 e. The molecule has 6 nitrogen and oxygen atoms in total. The Balaban J connectivity index is 1.80. The Bertz CT molecular complexity index is 982. The maximum atomic E-state index is 12.0. The molecule has 0 saturated carbocycles. The number of aliphatic imine (C=N–C) groups is 1. The molecule has 1 saturated heterocycles. The first-order chi connectivity index (χ1) is 11.8. The maximum Gasteiger partial charge on any atom is 0.264 e. The molecule has 1 amide bonds. The van der Waals surface area contributed by atoms with Gasteiger partial charge in [0.1, 0.15) is 0 Å². The molecule has 128 valence electrons. The van der Waals surface area contributed by atoms with Gasteiger partial charge < -0.3 is 5.32 Å². The Labute approximate surface area is 153 Å². The Hall–Kier alpha value is -2.13. The predicted octanol–water partition coefficient (Wildman–Crippen LogP) is 2.88. The van der Waals surface area contributed by atoms with Crippen LogP contribution in [-0.2, 0) is 14.8 Å². The van der Waals surface area contributed by atoms with E-state index in [1.54, 1.807) is 42.5 Å². The average molecular weight is 394 g/mol. The van der Waals surface area contributed by atoms with Crippen molar-refractivity contribution in [2.24, 2.45) is 10.1 Å². The summed E-state index contributed by atoms with van der Waals surface area (Å²) in [5, 5.41) is 8.80. The Morgan fingerprint density at radius 3 is 2.32 bits per heavy atom. The standard InChI is InChI=1S/C16H12ClN3O3S2/c17-11-3-5-12(6-4-11)19-16-20-15(21)14(24-16)9-10-1-7-13(8-2-10)25(18,22)23/h1-9H,(H2,18,22,23)(H,19,20,21)/b14-9-. The summed E-state index contributed by atoms with van der Waals surface area (Å²) in [5.41, 5.74) is 1.35. The minimum atomic E-state index is -3.74. The Morgan fingerprint density at radius 2 is 1.72 bits per heavy atom. The number of benzene rings is 2. The predicted molar refractivity (Wildman–Crippen MR) is 100 cm³/mol. The fraction of sp³-hybridized carbons (Fsp3) is 0. The molecule has 0 unspecified atom stereocenters. The number of hydrogen-bond donors (Lipinski definition) is 2. The Morgan fingerprint density at radius 1 is 1.08 bits per heavy atom. The number of nitrogens with zero attached hydrogens (tertiary/aromatic N) is 1. The highest BCUT2D eigenvalue weighted by Crippen LogP contribution is 2.28. The molecular formula is C16H12ClN3O3S2. The van der Waals surface area contributed by atoms with Crippen molar-refractivity contribution < 1.29 is 13.2 Å². The fourth-order valence-corrected chi connectivity index (χ4v) is 3.50. The topological polar surface area (TPSA) is 102 Å². The lowest BCUT2D eigenvalue weighted by molar-refractivity contribution is -0.115. The minimum Gasteiger partial charge on any atom is -0.300 e. The molecule has 2 aromatic carbocycles. The molecule has 3 N–H and O–H groups in total. The van der Waals surface area contributed by atoms with E-state index in [9.17, 15) is 13.2 Å². The number of carbonyl (C=O) groups is 1. The van der Waals surface area contributed by atoms with Gasteiger partial charge in [-0.25, -0.2) is 18.5 Å². The molecule has 1 aliphatic heterocycles. The first-order valence-corrected chi connectivity index (χ1v) is 9.73. The van der Waals surface area contributed by atoms with Gasteiger partial charge in [-0.15, -0.1) is 0 Å². The summed E-state index contributed by atoms with van der Waals surface area (Å²) in [7, 11) is -3.74. The van der Waals surface area contributed by atoms with Crippen LogP contribution in [0.1, 0.15) is 5.56 Å². The zero-order valence-corrected chi connectivity index (χ0v) is 15.0. The molecule has 0 aliphatic carbocycles. The zero-order valence-electron chi connectivity index (χ0n) is 12.6. The van der Waals surface area contributed by atoms with E-state index >= 15 is 0 Å². The molecule has 0 bridgehead atoms. The number of thioether (sulfide) groups is 1. The number of hydrogen-bond acceptors (Lipinski definition) is 5. The SMILES string of the molecule is NS(=O)(=O)c1ccc(/C=C2\SC(=Nc3ccc(Cl)cc3)NC2=O)cc1. The van der Waals surface area contributed by atoms with Crippen molar-refractivity contribution in [3.8, 4) is 0 Å². The van der Waals surface area contributed by atoms with Gasteiger partial charge in [0.25, 0.3) is 5.91 Å². The number of carbonyl (C=O) groups excluding carboxylic acids is 1. The third-order valence-electron chi connectivity index (χ3n) is 3.21. The van der Waals surface area contributed by atoms with Crippen LogP contribution < -0.4 is 10.5 Å². The number of halogens is 1. The van der Waals surface area contributed by atoms with Crippen molar-refractivity contribution in [2.75, 3.05) is 0 Å². The van der Waals surface area contributed by atoms with Crippen molar-refractivity contribution in [3.63, 3.8) is 0 Å². The largest absolute Gasteiger partial charge is 0.300 e. The quantitative estimate of drug-likeness (QED) is 0.782. The second-order valence-electron chi connectivity index (χ2n) is 5.07. The molecule has 25 heavy (non-hydrogen) atoms. The lowest BCUT2D eigenvalue weighted by atomic mass is 10.2. The van der Waals surface area contributed by atoms with Crippen LogP contribution in [0.25, 0.3) is 6.08 Å². The third kappa shape index (κ3) is 4.49. The van der Waals surface area contributed by atoms with E-state index in [0.29, 0.717) is 26.3 Å². The van der Waals surface area contributed by atoms with Crippen LogP contribution in [-0.4, -0.2) is 19.5 Å². The summed E-state index contributed by atoms with van der Waals surface area (Å²) in [6.45, 7) is 0. The van der Waals surface area contributed by atoms with Crippen LogP contribution in [0.2, 0.25) is 5.02 Å². The molecule has 1 heterocycles. The van der Waals surface area contributed by atoms with E-state index in [0.717, 1.165) is 0 Å². The van der Waals surface area contributed by atoms with Crippen LogP contribution >= 0.6 is 23.4 Å². The second kappa shape index (κ2) is 7.01. The number of nitrogens with one attached hydrogen (secondary N) is 1. The Kier molecular flexibility index (Phi) is 4.96. The lowest BCUT2D eigenvalue weighted by Gasteiger charge is -1.99. The summed E-state index contributed by atoms with van der Waals surface area (Å²) in [5.74, 6) is -0.270. The van der Waals surface area contributed by atoms with Crippen LogP contribution in [0, 0.1) is 0 Å². The van der Waals surface area contributed by atoms with E-state index in [1.165, 1.54) is 23.9 Å². The van der Waals surface area contributed by atoms with Gasteiger partial charge in [0.15, 0.2) is 5.17 Å². The van der Waals surface area contributed by atoms with Crippen molar-refractivity contribution in [1.29, 1.82) is 0 Å². The molecule has 0 atom stereocenters. The number of nitrogens with two attached hydrogens (primary N) is 1. The molecular weight excluding hydrogens is 382 g/mol. The van der Waals surface area contributed by atoms with E-state index in [2.05, 4.69) is 10.3 Å². The van der Waals surface area contributed by atoms with Gasteiger partial charge in [-0.1, -0.05) is 23.7 Å². The van der Waals surface area contributed by atoms with Crippen LogP contribution in [0.15, 0.2) is 63.3 Å². The summed E-state index contributed by atoms with van der Waals surface area (Å²) < 4.78 is 22.5. The van der Waals surface area contributed by atoms with Crippen molar-refractivity contribution in [3.05, 3.63) is 64.0 Å². The molecule has 0 spiro atoms. The van der Waals surface area contributed by atoms with Crippen LogP contribution in [0.4, 0.5) is 5.69 Å². The van der Waals surface area contributed by atoms with Gasteiger partial charge >= 0.3 is 0 Å². The molecule has 2 aromatic rings. The molecule has 3 rings (SSSR count). The van der Waals surface area contributed by atoms with Crippen LogP contribution in [0.3, 0.4) is 0 Å². The van der Waals surface area contributed by atoms with Crippen molar-refractivity contribution in [2.45, 2.75) is 4.90 Å². The zero-order chi connectivity index (χ0) is 18.0. The number of amidine groups is 1. The van der Waals surface area contributed by atoms with Crippen molar-refractivity contribution in [1.82, 2.24) is 5.32 Å². The highest BCUT2D eigenvalue weighted by atomic mass is 35.5. The summed E-state index contributed by atoms with van der Waals surface area (Å²) in [6, 6.07) is 12.9. The van der Waals surface area contributed by atoms with E-state index in [1.807, 2.05) is 0 Å². The number of sulfonamides is 1. The minimum absolute atomic E-state index is 0.0168. The van der Waals surface area contributed by atoms with Gasteiger partial charge in [-0.05, 0) is 59.8 Å². The molecule has 0 aromatic heterocycles. The van der Waals surface area contributed by atoms with E-state index < -0.39 is 10.0 Å². The summed E-state index contributed by atoms with van der Waals surface area (Å²) in [4.78, 5) is 16.9. The van der Waals surface area contributed by atoms with Gasteiger partial charge in [0, 0.05) is 5.02 Å². The van der Waals surface area contributed by atoms with E-state index in [4.69, 9.17) is 16.7 Å². The van der Waals surface area contributed by atoms with Gasteiger partial charge in [0.2, 0.25) is 10.0 Å². The van der Waals surface area contributed by atoms with Gasteiger partial charge in [0.05, 0.1) is 15.5 Å². The average Bonchev–Trinajstić information content (AvgIpc) is 2.89. The first-order valence-electron chi connectivity index (χ1n) is 6.99. The van der Waals surface area contributed by atoms with Gasteiger partial charge in [-0.3, -0.25) is 4.79 Å². The number of amides is 1. The number of primary sulfonamides is 1. The molecule has 0 radical (unpaired) electrons. The first kappa shape index (κ1) is 17.7. The highest BCUT2D eigenvalue weighted by molar-refractivity contribution is 8.18. The highest BCUT2D eigenvalue weighted by Gasteiger charge is 2.23. The maximum absolute atomic E-state index is 12.0. The lowest BCUT2D eigenvalue weighted by Crippen LogP contribution is -2.19. The van der Waals surface area contributed by atoms with Gasteiger partial charge in [-0.2, -0.15) is 0 Å².